The molecule has 0 aliphatic heterocycles. The third kappa shape index (κ3) is 4.79. The molecule has 0 N–H and O–H groups in total. The van der Waals surface area contributed by atoms with E-state index >= 15 is 0 Å². The average molecular weight is 267 g/mol. The van der Waals surface area contributed by atoms with E-state index in [0.29, 0.717) is 6.61 Å². The van der Waals surface area contributed by atoms with Gasteiger partial charge in [-0.1, -0.05) is 5.16 Å². The molecule has 100 valence electrons. The predicted molar refractivity (Wildman–Crippen MR) is 76.2 cm³/mol. The summed E-state index contributed by atoms with van der Waals surface area (Å²) in [6, 6.07) is 5.75. The van der Waals surface area contributed by atoms with Crippen molar-refractivity contribution >= 4 is 14.5 Å². The second kappa shape index (κ2) is 6.44. The Balaban J connectivity index is 3.00. The van der Waals surface area contributed by atoms with Crippen molar-refractivity contribution in [1.82, 2.24) is 0 Å². The Hall–Kier alpha value is -1.49. The van der Waals surface area contributed by atoms with Gasteiger partial charge in [-0.05, 0) is 44.8 Å². The van der Waals surface area contributed by atoms with Gasteiger partial charge in [0.1, 0.15) is 12.9 Å². The number of hydrogen-bond donors (Lipinski definition) is 0. The number of nitrogens with zero attached hydrogens (tertiary/aromatic N) is 1. The molecule has 1 rings (SSSR count). The standard InChI is InChI=1S/C13H21NO3Si/c1-6-16-13-9-11(10-14-15-2)7-8-12(13)17-18(3,4)5/h7-10H,6H2,1-5H3/b14-10-. The average Bonchev–Trinajstić information content (AvgIpc) is 2.28. The lowest BCUT2D eigenvalue weighted by molar-refractivity contribution is 0.215. The Kier molecular flexibility index (Phi) is 5.21. The minimum absolute atomic E-state index is 0.604. The molecule has 0 aromatic heterocycles. The number of rotatable bonds is 6. The molecule has 0 unspecified atom stereocenters. The van der Waals surface area contributed by atoms with E-state index in [1.54, 1.807) is 6.21 Å². The van der Waals surface area contributed by atoms with Gasteiger partial charge in [-0.2, -0.15) is 0 Å². The lowest BCUT2D eigenvalue weighted by atomic mass is 10.2. The normalized spacial score (nSPS) is 11.6. The van der Waals surface area contributed by atoms with Gasteiger partial charge < -0.3 is 14.0 Å². The van der Waals surface area contributed by atoms with Crippen LogP contribution in [0.3, 0.4) is 0 Å². The quantitative estimate of drug-likeness (QED) is 0.451. The first-order valence-electron chi connectivity index (χ1n) is 5.98. The Labute approximate surface area is 110 Å². The summed E-state index contributed by atoms with van der Waals surface area (Å²) in [5.41, 5.74) is 0.920. The fourth-order valence-electron chi connectivity index (χ4n) is 1.40. The van der Waals surface area contributed by atoms with Gasteiger partial charge >= 0.3 is 0 Å². The van der Waals surface area contributed by atoms with Crippen LogP contribution in [-0.4, -0.2) is 28.2 Å². The minimum Gasteiger partial charge on any atom is -0.542 e. The Morgan fingerprint density at radius 3 is 2.50 bits per heavy atom. The largest absolute Gasteiger partial charge is 0.542 e. The van der Waals surface area contributed by atoms with Gasteiger partial charge in [-0.3, -0.25) is 0 Å². The molecule has 1 aromatic carbocycles. The lowest BCUT2D eigenvalue weighted by Crippen LogP contribution is -2.29. The molecule has 0 spiro atoms. The van der Waals surface area contributed by atoms with Crippen LogP contribution in [-0.2, 0) is 4.84 Å². The molecule has 0 amide bonds. The van der Waals surface area contributed by atoms with Gasteiger partial charge in [0.2, 0.25) is 8.32 Å². The first kappa shape index (κ1) is 14.6. The summed E-state index contributed by atoms with van der Waals surface area (Å²) in [7, 11) is -0.123. The predicted octanol–water partition coefficient (Wildman–Crippen LogP) is 3.28. The third-order valence-corrected chi connectivity index (χ3v) is 2.82. The van der Waals surface area contributed by atoms with Gasteiger partial charge in [-0.15, -0.1) is 0 Å². The highest BCUT2D eigenvalue weighted by Gasteiger charge is 2.18. The van der Waals surface area contributed by atoms with Crippen LogP contribution in [0.25, 0.3) is 0 Å². The molecule has 4 nitrogen and oxygen atoms in total. The Morgan fingerprint density at radius 1 is 1.22 bits per heavy atom. The summed E-state index contributed by atoms with van der Waals surface area (Å²) < 4.78 is 11.6. The molecule has 0 aliphatic rings. The van der Waals surface area contributed by atoms with E-state index in [1.807, 2.05) is 25.1 Å². The maximum atomic E-state index is 5.98. The second-order valence-electron chi connectivity index (χ2n) is 4.77. The third-order valence-electron chi connectivity index (χ3n) is 1.99. The highest BCUT2D eigenvalue weighted by atomic mass is 28.4. The zero-order chi connectivity index (χ0) is 13.6. The Morgan fingerprint density at radius 2 is 1.94 bits per heavy atom. The molecule has 1 aromatic rings. The number of ether oxygens (including phenoxy) is 1. The molecule has 0 atom stereocenters. The molecule has 0 bridgehead atoms. The van der Waals surface area contributed by atoms with Crippen molar-refractivity contribution < 1.29 is 14.0 Å². The minimum atomic E-state index is -1.64. The van der Waals surface area contributed by atoms with E-state index in [-0.39, 0.29) is 0 Å². The summed E-state index contributed by atoms with van der Waals surface area (Å²) in [6.45, 7) is 8.98. The van der Waals surface area contributed by atoms with Gasteiger partial charge in [0.15, 0.2) is 5.75 Å². The highest BCUT2D eigenvalue weighted by molar-refractivity contribution is 6.70. The first-order valence-corrected chi connectivity index (χ1v) is 9.39. The maximum absolute atomic E-state index is 5.98. The van der Waals surface area contributed by atoms with Crippen molar-refractivity contribution in [2.24, 2.45) is 5.16 Å². The van der Waals surface area contributed by atoms with E-state index in [1.165, 1.54) is 7.11 Å². The second-order valence-corrected chi connectivity index (χ2v) is 9.20. The molecule has 0 radical (unpaired) electrons. The van der Waals surface area contributed by atoms with E-state index in [0.717, 1.165) is 17.1 Å². The number of hydrogen-bond acceptors (Lipinski definition) is 4. The van der Waals surface area contributed by atoms with Gasteiger partial charge in [0.05, 0.1) is 12.8 Å². The summed E-state index contributed by atoms with van der Waals surface area (Å²) in [5.74, 6) is 1.55. The fraction of sp³-hybridized carbons (Fsp3) is 0.462. The molecule has 0 aliphatic carbocycles. The van der Waals surface area contributed by atoms with Crippen LogP contribution in [0.15, 0.2) is 23.4 Å². The van der Waals surface area contributed by atoms with E-state index in [2.05, 4.69) is 29.6 Å². The van der Waals surface area contributed by atoms with Crippen LogP contribution < -0.4 is 9.16 Å². The maximum Gasteiger partial charge on any atom is 0.242 e. The van der Waals surface area contributed by atoms with Gasteiger partial charge in [0.25, 0.3) is 0 Å². The Bertz CT molecular complexity index is 413. The van der Waals surface area contributed by atoms with Crippen molar-refractivity contribution in [3.63, 3.8) is 0 Å². The fourth-order valence-corrected chi connectivity index (χ4v) is 2.23. The molecule has 0 saturated carbocycles. The van der Waals surface area contributed by atoms with Crippen molar-refractivity contribution in [2.45, 2.75) is 26.6 Å². The molecular weight excluding hydrogens is 246 g/mol. The van der Waals surface area contributed by atoms with Crippen LogP contribution in [0, 0.1) is 0 Å². The molecule has 0 heterocycles. The van der Waals surface area contributed by atoms with E-state index < -0.39 is 8.32 Å². The molecule has 0 fully saturated rings. The van der Waals surface area contributed by atoms with Crippen LogP contribution >= 0.6 is 0 Å². The summed E-state index contributed by atoms with van der Waals surface area (Å²) in [4.78, 5) is 4.66. The zero-order valence-corrected chi connectivity index (χ0v) is 12.7. The SMILES string of the molecule is CCOc1cc(/C=N\OC)ccc1O[Si](C)(C)C. The molecule has 5 heteroatoms. The highest BCUT2D eigenvalue weighted by Crippen LogP contribution is 2.30. The smallest absolute Gasteiger partial charge is 0.242 e. The van der Waals surface area contributed by atoms with Crippen LogP contribution in [0.4, 0.5) is 0 Å². The van der Waals surface area contributed by atoms with Crippen molar-refractivity contribution in [3.8, 4) is 11.5 Å². The number of benzene rings is 1. The molecular formula is C13H21NO3Si. The lowest BCUT2D eigenvalue weighted by Gasteiger charge is -2.21. The van der Waals surface area contributed by atoms with Crippen LogP contribution in [0.5, 0.6) is 11.5 Å². The zero-order valence-electron chi connectivity index (χ0n) is 11.7. The topological polar surface area (TPSA) is 40.0 Å². The van der Waals surface area contributed by atoms with Crippen molar-refractivity contribution in [2.75, 3.05) is 13.7 Å². The van der Waals surface area contributed by atoms with E-state index in [9.17, 15) is 0 Å². The first-order chi connectivity index (χ1) is 8.46. The summed E-state index contributed by atoms with van der Waals surface area (Å²) >= 11 is 0. The summed E-state index contributed by atoms with van der Waals surface area (Å²) in [6.07, 6.45) is 1.64. The van der Waals surface area contributed by atoms with Crippen molar-refractivity contribution in [3.05, 3.63) is 23.8 Å². The van der Waals surface area contributed by atoms with Crippen molar-refractivity contribution in [1.29, 1.82) is 0 Å². The summed E-state index contributed by atoms with van der Waals surface area (Å²) in [5, 5.41) is 3.73. The monoisotopic (exact) mass is 267 g/mol. The van der Waals surface area contributed by atoms with Gasteiger partial charge in [-0.25, -0.2) is 0 Å². The van der Waals surface area contributed by atoms with Crippen LogP contribution in [0.1, 0.15) is 12.5 Å². The van der Waals surface area contributed by atoms with E-state index in [4.69, 9.17) is 9.16 Å². The van der Waals surface area contributed by atoms with Gasteiger partial charge in [0, 0.05) is 5.56 Å². The number of oxime groups is 1. The molecule has 0 saturated heterocycles. The van der Waals surface area contributed by atoms with Crippen LogP contribution in [0.2, 0.25) is 19.6 Å². The molecule has 18 heavy (non-hydrogen) atoms.